The molecule has 0 aromatic heterocycles. The van der Waals surface area contributed by atoms with Gasteiger partial charge in [0.15, 0.2) is 6.10 Å². The Bertz CT molecular complexity index is 982. The summed E-state index contributed by atoms with van der Waals surface area (Å²) in [5.41, 5.74) is 0. The first-order valence-electron chi connectivity index (χ1n) is 29.4. The first kappa shape index (κ1) is 63.4. The largest absolute Gasteiger partial charge is 0.462 e. The standard InChI is InChI=1S/C59H114O6/c1-5-8-10-12-14-16-18-20-22-23-24-25-26-28-30-36-40-44-48-52-59(62)65-56(53-63-57(60)50-46-42-38-34-29-27-21-19-17-15-13-11-9-6-2)54-64-58(61)51-47-43-39-35-32-31-33-37-41-45-49-55(4)7-3/h55-56H,5-54H2,1-4H3/t55?,56-/m1/s1. The molecular formula is C59H114O6. The van der Waals surface area contributed by atoms with Crippen molar-refractivity contribution < 1.29 is 28.6 Å². The molecule has 0 aliphatic rings. The summed E-state index contributed by atoms with van der Waals surface area (Å²) in [6.07, 6.45) is 58.0. The Morgan fingerprint density at radius 1 is 0.308 bits per heavy atom. The SMILES string of the molecule is CCCCCCCCCCCCCCCCCCCCCC(=O)O[C@H](COC(=O)CCCCCCCCCCCCCCCC)COC(=O)CCCCCCCCCCCCC(C)CC. The van der Waals surface area contributed by atoms with E-state index >= 15 is 0 Å². The van der Waals surface area contributed by atoms with Crippen LogP contribution in [-0.4, -0.2) is 37.2 Å². The van der Waals surface area contributed by atoms with Crippen molar-refractivity contribution in [1.82, 2.24) is 0 Å². The molecule has 65 heavy (non-hydrogen) atoms. The van der Waals surface area contributed by atoms with Crippen LogP contribution in [0.3, 0.4) is 0 Å². The third-order valence-corrected chi connectivity index (χ3v) is 13.9. The molecular weight excluding hydrogens is 805 g/mol. The predicted octanol–water partition coefficient (Wildman–Crippen LogP) is 19.4. The maximum atomic E-state index is 12.9. The third kappa shape index (κ3) is 51.6. The molecule has 0 spiro atoms. The molecule has 0 saturated heterocycles. The van der Waals surface area contributed by atoms with Crippen LogP contribution in [0.4, 0.5) is 0 Å². The number of rotatable bonds is 54. The fraction of sp³-hybridized carbons (Fsp3) is 0.949. The molecule has 1 unspecified atom stereocenters. The Kier molecular flexibility index (Phi) is 52.1. The first-order valence-corrected chi connectivity index (χ1v) is 29.4. The second-order valence-electron chi connectivity index (χ2n) is 20.5. The molecule has 2 atom stereocenters. The highest BCUT2D eigenvalue weighted by atomic mass is 16.6. The highest BCUT2D eigenvalue weighted by Gasteiger charge is 2.19. The van der Waals surface area contributed by atoms with Gasteiger partial charge in [0.1, 0.15) is 13.2 Å². The molecule has 0 aromatic rings. The van der Waals surface area contributed by atoms with Gasteiger partial charge < -0.3 is 14.2 Å². The van der Waals surface area contributed by atoms with Gasteiger partial charge in [-0.2, -0.15) is 0 Å². The van der Waals surface area contributed by atoms with Crippen molar-refractivity contribution in [2.45, 2.75) is 342 Å². The third-order valence-electron chi connectivity index (χ3n) is 13.9. The van der Waals surface area contributed by atoms with Gasteiger partial charge in [0.05, 0.1) is 0 Å². The lowest BCUT2D eigenvalue weighted by Gasteiger charge is -2.18. The molecule has 0 bridgehead atoms. The van der Waals surface area contributed by atoms with Crippen molar-refractivity contribution in [3.63, 3.8) is 0 Å². The molecule has 0 fully saturated rings. The Labute approximate surface area is 406 Å². The Morgan fingerprint density at radius 3 is 0.800 bits per heavy atom. The van der Waals surface area contributed by atoms with E-state index in [0.717, 1.165) is 63.7 Å². The Balaban J connectivity index is 4.29. The molecule has 0 aliphatic heterocycles. The first-order chi connectivity index (χ1) is 31.9. The molecule has 386 valence electrons. The van der Waals surface area contributed by atoms with Gasteiger partial charge >= 0.3 is 17.9 Å². The second kappa shape index (κ2) is 53.4. The lowest BCUT2D eigenvalue weighted by molar-refractivity contribution is -0.167. The summed E-state index contributed by atoms with van der Waals surface area (Å²) >= 11 is 0. The fourth-order valence-corrected chi connectivity index (χ4v) is 9.07. The number of carbonyl (C=O) groups excluding carboxylic acids is 3. The maximum absolute atomic E-state index is 12.9. The second-order valence-corrected chi connectivity index (χ2v) is 20.5. The van der Waals surface area contributed by atoms with Gasteiger partial charge in [-0.3, -0.25) is 14.4 Å². The van der Waals surface area contributed by atoms with Crippen molar-refractivity contribution in [2.75, 3.05) is 13.2 Å². The van der Waals surface area contributed by atoms with Crippen molar-refractivity contribution >= 4 is 17.9 Å². The molecule has 6 heteroatoms. The van der Waals surface area contributed by atoms with Crippen LogP contribution in [-0.2, 0) is 28.6 Å². The number of unbranched alkanes of at least 4 members (excludes halogenated alkanes) is 40. The van der Waals surface area contributed by atoms with E-state index in [4.69, 9.17) is 14.2 Å². The zero-order valence-corrected chi connectivity index (χ0v) is 44.5. The monoisotopic (exact) mass is 919 g/mol. The van der Waals surface area contributed by atoms with Crippen molar-refractivity contribution in [3.8, 4) is 0 Å². The molecule has 0 heterocycles. The molecule has 0 radical (unpaired) electrons. The van der Waals surface area contributed by atoms with Gasteiger partial charge in [-0.25, -0.2) is 0 Å². The minimum Gasteiger partial charge on any atom is -0.462 e. The molecule has 0 aliphatic carbocycles. The molecule has 6 nitrogen and oxygen atoms in total. The van der Waals surface area contributed by atoms with Gasteiger partial charge in [0.25, 0.3) is 0 Å². The van der Waals surface area contributed by atoms with Crippen LogP contribution in [0.1, 0.15) is 336 Å². The average Bonchev–Trinajstić information content (AvgIpc) is 3.30. The van der Waals surface area contributed by atoms with Crippen molar-refractivity contribution in [3.05, 3.63) is 0 Å². The van der Waals surface area contributed by atoms with Crippen LogP contribution in [0.25, 0.3) is 0 Å². The van der Waals surface area contributed by atoms with Gasteiger partial charge in [-0.15, -0.1) is 0 Å². The van der Waals surface area contributed by atoms with E-state index < -0.39 is 6.10 Å². The van der Waals surface area contributed by atoms with Crippen LogP contribution in [0.5, 0.6) is 0 Å². The maximum Gasteiger partial charge on any atom is 0.306 e. The summed E-state index contributed by atoms with van der Waals surface area (Å²) in [5.74, 6) is 0.0345. The number of carbonyl (C=O) groups is 3. The summed E-state index contributed by atoms with van der Waals surface area (Å²) < 4.78 is 16.9. The van der Waals surface area contributed by atoms with Gasteiger partial charge in [0, 0.05) is 19.3 Å². The lowest BCUT2D eigenvalue weighted by Crippen LogP contribution is -2.30. The fourth-order valence-electron chi connectivity index (χ4n) is 9.07. The zero-order valence-electron chi connectivity index (χ0n) is 44.5. The molecule has 0 N–H and O–H groups in total. The van der Waals surface area contributed by atoms with Crippen LogP contribution < -0.4 is 0 Å². The van der Waals surface area contributed by atoms with E-state index in [0.29, 0.717) is 19.3 Å². The highest BCUT2D eigenvalue weighted by molar-refractivity contribution is 5.71. The van der Waals surface area contributed by atoms with E-state index in [-0.39, 0.29) is 31.1 Å². The number of esters is 3. The van der Waals surface area contributed by atoms with Crippen LogP contribution in [0, 0.1) is 5.92 Å². The van der Waals surface area contributed by atoms with Crippen LogP contribution in [0.2, 0.25) is 0 Å². The summed E-state index contributed by atoms with van der Waals surface area (Å²) in [6, 6.07) is 0. The van der Waals surface area contributed by atoms with E-state index in [1.165, 1.54) is 231 Å². The van der Waals surface area contributed by atoms with Gasteiger partial charge in [-0.05, 0) is 25.2 Å². The smallest absolute Gasteiger partial charge is 0.306 e. The van der Waals surface area contributed by atoms with E-state index in [1.54, 1.807) is 0 Å². The lowest BCUT2D eigenvalue weighted by atomic mass is 9.99. The normalized spacial score (nSPS) is 12.4. The average molecular weight is 920 g/mol. The molecule has 0 saturated carbocycles. The van der Waals surface area contributed by atoms with Crippen LogP contribution in [0.15, 0.2) is 0 Å². The minimum absolute atomic E-state index is 0.0620. The molecule has 0 amide bonds. The van der Waals surface area contributed by atoms with E-state index in [2.05, 4.69) is 27.7 Å². The summed E-state index contributed by atoms with van der Waals surface area (Å²) in [6.45, 7) is 9.08. The highest BCUT2D eigenvalue weighted by Crippen LogP contribution is 2.18. The molecule has 0 rings (SSSR count). The van der Waals surface area contributed by atoms with Crippen molar-refractivity contribution in [2.24, 2.45) is 5.92 Å². The quantitative estimate of drug-likeness (QED) is 0.0344. The summed E-state index contributed by atoms with van der Waals surface area (Å²) in [4.78, 5) is 38.1. The number of ether oxygens (including phenoxy) is 3. The van der Waals surface area contributed by atoms with Crippen LogP contribution >= 0.6 is 0 Å². The topological polar surface area (TPSA) is 78.9 Å². The zero-order chi connectivity index (χ0) is 47.4. The van der Waals surface area contributed by atoms with E-state index in [9.17, 15) is 14.4 Å². The Hall–Kier alpha value is -1.59. The summed E-state index contributed by atoms with van der Waals surface area (Å²) in [7, 11) is 0. The number of hydrogen-bond acceptors (Lipinski definition) is 6. The van der Waals surface area contributed by atoms with Crippen molar-refractivity contribution in [1.29, 1.82) is 0 Å². The number of hydrogen-bond donors (Lipinski definition) is 0. The summed E-state index contributed by atoms with van der Waals surface area (Å²) in [5, 5.41) is 0. The van der Waals surface area contributed by atoms with E-state index in [1.807, 2.05) is 0 Å². The Morgan fingerprint density at radius 2 is 0.538 bits per heavy atom. The van der Waals surface area contributed by atoms with Gasteiger partial charge in [0.2, 0.25) is 0 Å². The predicted molar refractivity (Wildman–Crippen MR) is 280 cm³/mol. The minimum atomic E-state index is -0.762. The van der Waals surface area contributed by atoms with Gasteiger partial charge in [-0.1, -0.05) is 297 Å². The molecule has 0 aromatic carbocycles.